The molecule has 0 radical (unpaired) electrons. The van der Waals surface area contributed by atoms with Gasteiger partial charge in [0.2, 0.25) is 0 Å². The molecular weight excluding hydrogens is 212 g/mol. The first kappa shape index (κ1) is 13.3. The molecule has 3 nitrogen and oxygen atoms in total. The van der Waals surface area contributed by atoms with Gasteiger partial charge in [0.05, 0.1) is 0 Å². The lowest BCUT2D eigenvalue weighted by atomic mass is 9.91. The molecule has 0 bridgehead atoms. The summed E-state index contributed by atoms with van der Waals surface area (Å²) in [4.78, 5) is 0. The summed E-state index contributed by atoms with van der Waals surface area (Å²) in [5, 5.41) is 16.6. The molecule has 1 saturated heterocycles. The number of hydrogen-bond acceptors (Lipinski definition) is 3. The van der Waals surface area contributed by atoms with Crippen LogP contribution in [-0.4, -0.2) is 36.4 Å². The molecule has 2 rings (SSSR count). The van der Waals surface area contributed by atoms with Crippen LogP contribution < -0.4 is 10.6 Å². The van der Waals surface area contributed by atoms with Crippen LogP contribution >= 0.6 is 0 Å². The van der Waals surface area contributed by atoms with E-state index in [1.54, 1.807) is 0 Å². The van der Waals surface area contributed by atoms with Crippen LogP contribution in [0, 0.1) is 11.8 Å². The lowest BCUT2D eigenvalue weighted by Crippen LogP contribution is -2.47. The monoisotopic (exact) mass is 240 g/mol. The van der Waals surface area contributed by atoms with Gasteiger partial charge < -0.3 is 15.7 Å². The zero-order valence-electron chi connectivity index (χ0n) is 11.3. The Morgan fingerprint density at radius 1 is 1.24 bits per heavy atom. The third-order valence-corrected chi connectivity index (χ3v) is 4.80. The van der Waals surface area contributed by atoms with Crippen molar-refractivity contribution in [1.29, 1.82) is 0 Å². The van der Waals surface area contributed by atoms with Crippen molar-refractivity contribution in [2.75, 3.05) is 13.2 Å². The maximum atomic E-state index is 9.20. The van der Waals surface area contributed by atoms with Crippen LogP contribution in [0.15, 0.2) is 0 Å². The number of aliphatic hydroxyl groups is 1. The smallest absolute Gasteiger partial charge is 0.0471 e. The maximum Gasteiger partial charge on any atom is 0.0471 e. The van der Waals surface area contributed by atoms with E-state index in [4.69, 9.17) is 0 Å². The van der Waals surface area contributed by atoms with Crippen molar-refractivity contribution in [3.63, 3.8) is 0 Å². The number of nitrogens with one attached hydrogen (secondary N) is 2. The summed E-state index contributed by atoms with van der Waals surface area (Å²) in [5.74, 6) is 1.17. The first-order chi connectivity index (χ1) is 8.22. The average molecular weight is 240 g/mol. The average Bonchev–Trinajstić information content (AvgIpc) is 2.97. The summed E-state index contributed by atoms with van der Waals surface area (Å²) in [5.41, 5.74) is 0. The van der Waals surface area contributed by atoms with Crippen LogP contribution in [0.25, 0.3) is 0 Å². The van der Waals surface area contributed by atoms with Crippen molar-refractivity contribution in [1.82, 2.24) is 10.6 Å². The second kappa shape index (κ2) is 6.17. The Balaban J connectivity index is 1.86. The van der Waals surface area contributed by atoms with Gasteiger partial charge in [-0.2, -0.15) is 0 Å². The van der Waals surface area contributed by atoms with Gasteiger partial charge in [0, 0.05) is 24.7 Å². The standard InChI is InChI=1S/C14H28N2O/c1-10(9-17)11(2)16-14-6-3-5-12(14)13-7-4-8-15-13/h10-17H,3-9H2,1-2H3. The second-order valence-corrected chi connectivity index (χ2v) is 6.02. The minimum absolute atomic E-state index is 0.285. The van der Waals surface area contributed by atoms with Gasteiger partial charge in [0.25, 0.3) is 0 Å². The van der Waals surface area contributed by atoms with Gasteiger partial charge in [-0.25, -0.2) is 0 Å². The van der Waals surface area contributed by atoms with Crippen molar-refractivity contribution in [2.24, 2.45) is 11.8 Å². The van der Waals surface area contributed by atoms with E-state index in [0.717, 1.165) is 12.0 Å². The topological polar surface area (TPSA) is 44.3 Å². The fraction of sp³-hybridized carbons (Fsp3) is 1.00. The van der Waals surface area contributed by atoms with E-state index in [1.165, 1.54) is 38.6 Å². The minimum Gasteiger partial charge on any atom is -0.396 e. The molecule has 2 aliphatic rings. The van der Waals surface area contributed by atoms with Gasteiger partial charge in [-0.1, -0.05) is 13.3 Å². The zero-order valence-corrected chi connectivity index (χ0v) is 11.3. The van der Waals surface area contributed by atoms with Crippen LogP contribution in [0.5, 0.6) is 0 Å². The summed E-state index contributed by atoms with van der Waals surface area (Å²) < 4.78 is 0. The van der Waals surface area contributed by atoms with Crippen LogP contribution in [0.1, 0.15) is 46.0 Å². The van der Waals surface area contributed by atoms with Gasteiger partial charge in [-0.05, 0) is 51.0 Å². The molecule has 2 fully saturated rings. The predicted octanol–water partition coefficient (Wildman–Crippen LogP) is 1.51. The Bertz CT molecular complexity index is 228. The summed E-state index contributed by atoms with van der Waals surface area (Å²) >= 11 is 0. The summed E-state index contributed by atoms with van der Waals surface area (Å²) in [6, 6.07) is 1.83. The molecule has 100 valence electrons. The Kier molecular flexibility index (Phi) is 4.83. The molecule has 5 atom stereocenters. The van der Waals surface area contributed by atoms with Crippen molar-refractivity contribution in [2.45, 2.75) is 64.1 Å². The summed E-state index contributed by atoms with van der Waals surface area (Å²) in [6.45, 7) is 5.82. The molecule has 1 aliphatic heterocycles. The molecule has 0 aromatic carbocycles. The predicted molar refractivity (Wildman–Crippen MR) is 71.0 cm³/mol. The van der Waals surface area contributed by atoms with Gasteiger partial charge in [0.1, 0.15) is 0 Å². The molecule has 3 heteroatoms. The SMILES string of the molecule is CC(CO)C(C)NC1CCCC1C1CCCN1. The van der Waals surface area contributed by atoms with E-state index in [9.17, 15) is 5.11 Å². The molecule has 5 unspecified atom stereocenters. The molecule has 17 heavy (non-hydrogen) atoms. The lowest BCUT2D eigenvalue weighted by Gasteiger charge is -2.31. The molecule has 0 amide bonds. The highest BCUT2D eigenvalue weighted by molar-refractivity contribution is 4.94. The first-order valence-electron chi connectivity index (χ1n) is 7.32. The van der Waals surface area contributed by atoms with Gasteiger partial charge in [-0.15, -0.1) is 0 Å². The highest BCUT2D eigenvalue weighted by atomic mass is 16.3. The molecule has 0 aromatic rings. The molecule has 1 aliphatic carbocycles. The molecule has 1 saturated carbocycles. The fourth-order valence-electron chi connectivity index (χ4n) is 3.41. The molecule has 0 spiro atoms. The second-order valence-electron chi connectivity index (χ2n) is 6.02. The van der Waals surface area contributed by atoms with Gasteiger partial charge in [-0.3, -0.25) is 0 Å². The van der Waals surface area contributed by atoms with Crippen molar-refractivity contribution in [3.05, 3.63) is 0 Å². The van der Waals surface area contributed by atoms with E-state index in [-0.39, 0.29) is 6.61 Å². The molecule has 0 aromatic heterocycles. The Morgan fingerprint density at radius 3 is 2.71 bits per heavy atom. The van der Waals surface area contributed by atoms with Crippen LogP contribution in [-0.2, 0) is 0 Å². The van der Waals surface area contributed by atoms with Crippen LogP contribution in [0.3, 0.4) is 0 Å². The highest BCUT2D eigenvalue weighted by Gasteiger charge is 2.35. The summed E-state index contributed by atoms with van der Waals surface area (Å²) in [6.07, 6.45) is 6.74. The van der Waals surface area contributed by atoms with E-state index in [2.05, 4.69) is 24.5 Å². The summed E-state index contributed by atoms with van der Waals surface area (Å²) in [7, 11) is 0. The van der Waals surface area contributed by atoms with Gasteiger partial charge >= 0.3 is 0 Å². The quantitative estimate of drug-likeness (QED) is 0.682. The number of hydrogen-bond donors (Lipinski definition) is 3. The highest BCUT2D eigenvalue weighted by Crippen LogP contribution is 2.32. The van der Waals surface area contributed by atoms with E-state index >= 15 is 0 Å². The number of rotatable bonds is 5. The Labute approximate surface area is 105 Å². The van der Waals surface area contributed by atoms with Crippen LogP contribution in [0.4, 0.5) is 0 Å². The first-order valence-corrected chi connectivity index (χ1v) is 7.32. The van der Waals surface area contributed by atoms with Crippen LogP contribution in [0.2, 0.25) is 0 Å². The molecular formula is C14H28N2O. The molecule has 1 heterocycles. The molecule has 3 N–H and O–H groups in total. The third-order valence-electron chi connectivity index (χ3n) is 4.80. The Hall–Kier alpha value is -0.120. The maximum absolute atomic E-state index is 9.20. The lowest BCUT2D eigenvalue weighted by molar-refractivity contribution is 0.190. The number of aliphatic hydroxyl groups excluding tert-OH is 1. The minimum atomic E-state index is 0.285. The largest absolute Gasteiger partial charge is 0.396 e. The van der Waals surface area contributed by atoms with Crippen molar-refractivity contribution < 1.29 is 5.11 Å². The Morgan fingerprint density at radius 2 is 2.06 bits per heavy atom. The fourth-order valence-corrected chi connectivity index (χ4v) is 3.41. The van der Waals surface area contributed by atoms with E-state index in [0.29, 0.717) is 18.0 Å². The van der Waals surface area contributed by atoms with E-state index < -0.39 is 0 Å². The normalized spacial score (nSPS) is 37.2. The van der Waals surface area contributed by atoms with Crippen molar-refractivity contribution in [3.8, 4) is 0 Å². The van der Waals surface area contributed by atoms with Gasteiger partial charge in [0.15, 0.2) is 0 Å². The van der Waals surface area contributed by atoms with E-state index in [1.807, 2.05) is 0 Å². The third kappa shape index (κ3) is 3.21. The van der Waals surface area contributed by atoms with Crippen molar-refractivity contribution >= 4 is 0 Å². The zero-order chi connectivity index (χ0) is 12.3.